The molecule has 2 atom stereocenters. The number of nitrogens with zero attached hydrogens (tertiary/aromatic N) is 2. The Balaban J connectivity index is 2.88. The molecule has 2 N–H and O–H groups in total. The van der Waals surface area contributed by atoms with Crippen molar-refractivity contribution in [3.63, 3.8) is 0 Å². The Morgan fingerprint density at radius 1 is 1.53 bits per heavy atom. The van der Waals surface area contributed by atoms with Crippen molar-refractivity contribution < 1.29 is 13.2 Å². The zero-order valence-electron chi connectivity index (χ0n) is 11.0. The van der Waals surface area contributed by atoms with Gasteiger partial charge in [0.2, 0.25) is 0 Å². The maximum Gasteiger partial charge on any atom is 0.282 e. The first kappa shape index (κ1) is 14.8. The Kier molecular flexibility index (Phi) is 4.91. The van der Waals surface area contributed by atoms with E-state index < -0.39 is 10.2 Å². The molecule has 0 bridgehead atoms. The predicted octanol–water partition coefficient (Wildman–Crippen LogP) is -0.381. The third kappa shape index (κ3) is 3.17. The third-order valence-corrected chi connectivity index (χ3v) is 5.35. The fourth-order valence-corrected chi connectivity index (χ4v) is 3.42. The van der Waals surface area contributed by atoms with Crippen LogP contribution in [0.25, 0.3) is 0 Å². The van der Waals surface area contributed by atoms with E-state index in [1.807, 2.05) is 20.8 Å². The summed E-state index contributed by atoms with van der Waals surface area (Å²) in [6.45, 7) is 6.61. The lowest BCUT2D eigenvalue weighted by Crippen LogP contribution is -2.56. The Morgan fingerprint density at radius 3 is 2.59 bits per heavy atom. The van der Waals surface area contributed by atoms with Crippen LogP contribution in [0.2, 0.25) is 0 Å². The van der Waals surface area contributed by atoms with E-state index in [9.17, 15) is 8.42 Å². The normalized spacial score (nSPS) is 27.9. The predicted molar refractivity (Wildman–Crippen MR) is 66.8 cm³/mol. The molecular formula is C10H23N3O3S. The van der Waals surface area contributed by atoms with Gasteiger partial charge in [0.15, 0.2) is 0 Å². The van der Waals surface area contributed by atoms with Crippen molar-refractivity contribution in [3.05, 3.63) is 0 Å². The Hall–Kier alpha value is -0.210. The Morgan fingerprint density at radius 2 is 2.12 bits per heavy atom. The zero-order valence-corrected chi connectivity index (χ0v) is 11.8. The molecule has 17 heavy (non-hydrogen) atoms. The van der Waals surface area contributed by atoms with Gasteiger partial charge < -0.3 is 10.5 Å². The number of morpholine rings is 1. The summed E-state index contributed by atoms with van der Waals surface area (Å²) in [6.07, 6.45) is -0.207. The molecule has 0 radical (unpaired) electrons. The lowest BCUT2D eigenvalue weighted by molar-refractivity contribution is -0.0239. The van der Waals surface area contributed by atoms with Crippen LogP contribution >= 0.6 is 0 Å². The van der Waals surface area contributed by atoms with Gasteiger partial charge in [-0.3, -0.25) is 0 Å². The summed E-state index contributed by atoms with van der Waals surface area (Å²) in [4.78, 5) is 0. The van der Waals surface area contributed by atoms with Crippen LogP contribution in [0.3, 0.4) is 0 Å². The van der Waals surface area contributed by atoms with Crippen molar-refractivity contribution in [3.8, 4) is 0 Å². The number of rotatable bonds is 4. The van der Waals surface area contributed by atoms with E-state index >= 15 is 0 Å². The molecule has 1 aliphatic rings. The molecule has 0 aromatic rings. The topological polar surface area (TPSA) is 75.9 Å². The average Bonchev–Trinajstić information content (AvgIpc) is 2.28. The van der Waals surface area contributed by atoms with Crippen molar-refractivity contribution in [2.75, 3.05) is 26.7 Å². The summed E-state index contributed by atoms with van der Waals surface area (Å²) in [5.74, 6) is 0. The maximum atomic E-state index is 12.4. The van der Waals surface area contributed by atoms with Gasteiger partial charge in [-0.15, -0.1) is 0 Å². The van der Waals surface area contributed by atoms with E-state index in [4.69, 9.17) is 10.5 Å². The van der Waals surface area contributed by atoms with Crippen molar-refractivity contribution in [1.82, 2.24) is 8.61 Å². The first-order valence-electron chi connectivity index (χ1n) is 5.87. The third-order valence-electron chi connectivity index (χ3n) is 3.10. The van der Waals surface area contributed by atoms with Gasteiger partial charge in [-0.1, -0.05) is 0 Å². The molecule has 1 fully saturated rings. The van der Waals surface area contributed by atoms with Gasteiger partial charge in [0, 0.05) is 32.2 Å². The average molecular weight is 265 g/mol. The van der Waals surface area contributed by atoms with Crippen molar-refractivity contribution in [2.24, 2.45) is 5.73 Å². The van der Waals surface area contributed by atoms with Gasteiger partial charge in [0.1, 0.15) is 0 Å². The van der Waals surface area contributed by atoms with Crippen LogP contribution in [-0.4, -0.2) is 62.0 Å². The van der Waals surface area contributed by atoms with Crippen molar-refractivity contribution in [2.45, 2.75) is 39.0 Å². The van der Waals surface area contributed by atoms with Crippen LogP contribution in [0, 0.1) is 0 Å². The van der Waals surface area contributed by atoms with Crippen LogP contribution in [-0.2, 0) is 14.9 Å². The number of hydrogen-bond acceptors (Lipinski definition) is 4. The van der Waals surface area contributed by atoms with Crippen molar-refractivity contribution in [1.29, 1.82) is 0 Å². The van der Waals surface area contributed by atoms with E-state index in [1.165, 1.54) is 8.61 Å². The highest BCUT2D eigenvalue weighted by molar-refractivity contribution is 7.86. The van der Waals surface area contributed by atoms with E-state index in [-0.39, 0.29) is 18.2 Å². The second kappa shape index (κ2) is 5.62. The molecule has 6 nitrogen and oxygen atoms in total. The minimum atomic E-state index is -3.42. The second-order valence-electron chi connectivity index (χ2n) is 4.73. The van der Waals surface area contributed by atoms with Gasteiger partial charge in [-0.25, -0.2) is 0 Å². The molecular weight excluding hydrogens is 242 g/mol. The molecule has 0 aromatic carbocycles. The molecule has 1 saturated heterocycles. The highest BCUT2D eigenvalue weighted by Gasteiger charge is 2.37. The Bertz CT molecular complexity index is 345. The van der Waals surface area contributed by atoms with Gasteiger partial charge in [-0.05, 0) is 20.8 Å². The van der Waals surface area contributed by atoms with Gasteiger partial charge in [0.25, 0.3) is 10.2 Å². The maximum absolute atomic E-state index is 12.4. The minimum Gasteiger partial charge on any atom is -0.374 e. The summed E-state index contributed by atoms with van der Waals surface area (Å²) in [7, 11) is -1.83. The van der Waals surface area contributed by atoms with Crippen LogP contribution in [0.15, 0.2) is 0 Å². The van der Waals surface area contributed by atoms with Crippen LogP contribution < -0.4 is 5.73 Å². The fraction of sp³-hybridized carbons (Fsp3) is 1.00. The number of hydrogen-bond donors (Lipinski definition) is 1. The molecule has 7 heteroatoms. The van der Waals surface area contributed by atoms with Gasteiger partial charge >= 0.3 is 0 Å². The standard InChI is InChI=1S/C10H23N3O3S/c1-8(2)12(4)17(14,15)13-6-10(5-11)16-7-9(13)3/h8-10H,5-7,11H2,1-4H3. The monoisotopic (exact) mass is 265 g/mol. The van der Waals surface area contributed by atoms with Gasteiger partial charge in [0.05, 0.1) is 12.7 Å². The van der Waals surface area contributed by atoms with Crippen LogP contribution in [0.4, 0.5) is 0 Å². The van der Waals surface area contributed by atoms with E-state index in [2.05, 4.69) is 0 Å². The molecule has 1 rings (SSSR count). The fourth-order valence-electron chi connectivity index (χ4n) is 1.69. The van der Waals surface area contributed by atoms with E-state index in [1.54, 1.807) is 7.05 Å². The first-order valence-corrected chi connectivity index (χ1v) is 7.26. The van der Waals surface area contributed by atoms with Crippen molar-refractivity contribution >= 4 is 10.2 Å². The first-order chi connectivity index (χ1) is 7.80. The second-order valence-corrected chi connectivity index (χ2v) is 6.67. The van der Waals surface area contributed by atoms with Crippen LogP contribution in [0.1, 0.15) is 20.8 Å². The lowest BCUT2D eigenvalue weighted by Gasteiger charge is -2.39. The largest absolute Gasteiger partial charge is 0.374 e. The summed E-state index contributed by atoms with van der Waals surface area (Å²) in [5.41, 5.74) is 5.53. The lowest BCUT2D eigenvalue weighted by atomic mass is 10.2. The molecule has 2 unspecified atom stereocenters. The Labute approximate surface area is 104 Å². The summed E-state index contributed by atoms with van der Waals surface area (Å²) >= 11 is 0. The zero-order chi connectivity index (χ0) is 13.2. The van der Waals surface area contributed by atoms with E-state index in [0.29, 0.717) is 19.7 Å². The summed E-state index contributed by atoms with van der Waals surface area (Å²) in [5, 5.41) is 0. The molecule has 102 valence electrons. The molecule has 0 amide bonds. The molecule has 0 saturated carbocycles. The number of ether oxygens (including phenoxy) is 1. The smallest absolute Gasteiger partial charge is 0.282 e. The van der Waals surface area contributed by atoms with E-state index in [0.717, 1.165) is 0 Å². The SMILES string of the molecule is CC(C)N(C)S(=O)(=O)N1CC(CN)OCC1C. The highest BCUT2D eigenvalue weighted by Crippen LogP contribution is 2.19. The summed E-state index contributed by atoms with van der Waals surface area (Å²) < 4.78 is 33.0. The molecule has 1 heterocycles. The summed E-state index contributed by atoms with van der Waals surface area (Å²) in [6, 6.07) is -0.213. The molecule has 0 spiro atoms. The molecule has 1 aliphatic heterocycles. The number of nitrogens with two attached hydrogens (primary N) is 1. The highest BCUT2D eigenvalue weighted by atomic mass is 32.2. The van der Waals surface area contributed by atoms with Gasteiger partial charge in [-0.2, -0.15) is 17.0 Å². The minimum absolute atomic E-state index is 0.0635. The molecule has 0 aliphatic carbocycles. The quantitative estimate of drug-likeness (QED) is 0.752. The van der Waals surface area contributed by atoms with Crippen LogP contribution in [0.5, 0.6) is 0 Å². The molecule has 0 aromatic heterocycles.